The molecule has 1 rings (SSSR count). The van der Waals surface area contributed by atoms with Gasteiger partial charge in [-0.1, -0.05) is 11.6 Å². The van der Waals surface area contributed by atoms with Crippen molar-refractivity contribution in [3.05, 3.63) is 22.5 Å². The van der Waals surface area contributed by atoms with E-state index in [4.69, 9.17) is 28.9 Å². The third kappa shape index (κ3) is 2.00. The largest absolute Gasteiger partial charge is 0.396 e. The van der Waals surface area contributed by atoms with Crippen LogP contribution in [-0.2, 0) is 5.88 Å². The van der Waals surface area contributed by atoms with Crippen LogP contribution in [0, 0.1) is 0 Å². The van der Waals surface area contributed by atoms with E-state index in [9.17, 15) is 8.78 Å². The first kappa shape index (κ1) is 10.5. The van der Waals surface area contributed by atoms with Gasteiger partial charge < -0.3 is 5.73 Å². The molecule has 2 nitrogen and oxygen atoms in total. The molecular formula is C7H6Cl2F2N2. The number of nitrogen functional groups attached to an aromatic ring is 1. The van der Waals surface area contributed by atoms with Gasteiger partial charge in [-0.25, -0.2) is 8.78 Å². The van der Waals surface area contributed by atoms with Crippen molar-refractivity contribution in [2.45, 2.75) is 12.3 Å². The lowest BCUT2D eigenvalue weighted by atomic mass is 10.2. The Bertz CT molecular complexity index is 318. The Labute approximate surface area is 83.7 Å². The fourth-order valence-electron chi connectivity index (χ4n) is 0.876. The van der Waals surface area contributed by atoms with Crippen molar-refractivity contribution < 1.29 is 8.78 Å². The van der Waals surface area contributed by atoms with Crippen LogP contribution in [0.5, 0.6) is 0 Å². The van der Waals surface area contributed by atoms with E-state index in [0.29, 0.717) is 0 Å². The molecule has 0 fully saturated rings. The van der Waals surface area contributed by atoms with Crippen molar-refractivity contribution in [3.8, 4) is 0 Å². The predicted molar refractivity (Wildman–Crippen MR) is 48.2 cm³/mol. The Morgan fingerprint density at radius 3 is 2.62 bits per heavy atom. The summed E-state index contributed by atoms with van der Waals surface area (Å²) in [7, 11) is 0. The van der Waals surface area contributed by atoms with E-state index in [1.807, 2.05) is 0 Å². The van der Waals surface area contributed by atoms with Gasteiger partial charge in [0.15, 0.2) is 0 Å². The van der Waals surface area contributed by atoms with Crippen molar-refractivity contribution in [1.29, 1.82) is 0 Å². The molecule has 1 aromatic rings. The molecule has 0 bridgehead atoms. The highest BCUT2D eigenvalue weighted by molar-refractivity contribution is 6.34. The number of nitrogens with two attached hydrogens (primary N) is 1. The topological polar surface area (TPSA) is 38.9 Å². The lowest BCUT2D eigenvalue weighted by molar-refractivity contribution is 0.145. The first-order valence-corrected chi connectivity index (χ1v) is 4.26. The van der Waals surface area contributed by atoms with Crippen LogP contribution >= 0.6 is 23.2 Å². The molecule has 0 radical (unpaired) electrons. The molecule has 0 atom stereocenters. The summed E-state index contributed by atoms with van der Waals surface area (Å²) in [5.74, 6) is -0.128. The van der Waals surface area contributed by atoms with Gasteiger partial charge in [0.25, 0.3) is 6.43 Å². The average molecular weight is 227 g/mol. The molecule has 2 N–H and O–H groups in total. The Morgan fingerprint density at radius 2 is 2.15 bits per heavy atom. The molecule has 0 saturated carbocycles. The number of hydrogen-bond acceptors (Lipinski definition) is 2. The van der Waals surface area contributed by atoms with E-state index in [2.05, 4.69) is 4.98 Å². The van der Waals surface area contributed by atoms with Crippen molar-refractivity contribution in [3.63, 3.8) is 0 Å². The van der Waals surface area contributed by atoms with Gasteiger partial charge in [-0.2, -0.15) is 0 Å². The van der Waals surface area contributed by atoms with Gasteiger partial charge in [0.05, 0.1) is 22.8 Å². The fraction of sp³-hybridized carbons (Fsp3) is 0.286. The van der Waals surface area contributed by atoms with E-state index < -0.39 is 12.1 Å². The van der Waals surface area contributed by atoms with Gasteiger partial charge in [-0.15, -0.1) is 11.6 Å². The predicted octanol–water partition coefficient (Wildman–Crippen LogP) is 2.99. The summed E-state index contributed by atoms with van der Waals surface area (Å²) < 4.78 is 24.6. The summed E-state index contributed by atoms with van der Waals surface area (Å²) in [6, 6.07) is 0. The van der Waals surface area contributed by atoms with E-state index in [1.165, 1.54) is 0 Å². The molecule has 0 amide bonds. The zero-order valence-corrected chi connectivity index (χ0v) is 7.91. The van der Waals surface area contributed by atoms with Crippen LogP contribution in [0.3, 0.4) is 0 Å². The van der Waals surface area contributed by atoms with E-state index in [-0.39, 0.29) is 22.2 Å². The summed E-state index contributed by atoms with van der Waals surface area (Å²) >= 11 is 11.1. The highest BCUT2D eigenvalue weighted by atomic mass is 35.5. The molecule has 0 unspecified atom stereocenters. The lowest BCUT2D eigenvalue weighted by Gasteiger charge is -2.08. The maximum Gasteiger partial charge on any atom is 0.280 e. The summed E-state index contributed by atoms with van der Waals surface area (Å²) in [4.78, 5) is 3.47. The quantitative estimate of drug-likeness (QED) is 0.788. The SMILES string of the molecule is Nc1cnc(C(F)F)c(CCl)c1Cl. The van der Waals surface area contributed by atoms with Gasteiger partial charge in [0, 0.05) is 5.56 Å². The molecule has 6 heteroatoms. The van der Waals surface area contributed by atoms with Crippen molar-refractivity contribution in [2.24, 2.45) is 0 Å². The summed E-state index contributed by atoms with van der Waals surface area (Å²) in [6.07, 6.45) is -1.59. The standard InChI is InChI=1S/C7H6Cl2F2N2/c8-1-3-5(9)4(12)2-13-6(3)7(10)11/h2,7H,1,12H2. The maximum atomic E-state index is 12.3. The summed E-state index contributed by atoms with van der Waals surface area (Å²) in [5, 5.41) is 0.0558. The third-order valence-corrected chi connectivity index (χ3v) is 2.22. The number of halogens is 4. The van der Waals surface area contributed by atoms with Gasteiger partial charge in [-0.05, 0) is 0 Å². The zero-order chi connectivity index (χ0) is 10.0. The van der Waals surface area contributed by atoms with Gasteiger partial charge in [0.1, 0.15) is 5.69 Å². The molecule has 1 heterocycles. The molecule has 0 spiro atoms. The van der Waals surface area contributed by atoms with Gasteiger partial charge in [0.2, 0.25) is 0 Å². The van der Waals surface area contributed by atoms with Crippen LogP contribution in [0.4, 0.5) is 14.5 Å². The van der Waals surface area contributed by atoms with Crippen molar-refractivity contribution in [1.82, 2.24) is 4.98 Å². The lowest BCUT2D eigenvalue weighted by Crippen LogP contribution is -2.00. The normalized spacial score (nSPS) is 10.8. The molecular weight excluding hydrogens is 221 g/mol. The minimum absolute atomic E-state index is 0.0558. The minimum Gasteiger partial charge on any atom is -0.396 e. The number of rotatable bonds is 2. The van der Waals surface area contributed by atoms with Crippen molar-refractivity contribution in [2.75, 3.05) is 5.73 Å². The first-order chi connectivity index (χ1) is 6.07. The Hall–Kier alpha value is -0.610. The van der Waals surface area contributed by atoms with Crippen LogP contribution in [0.25, 0.3) is 0 Å². The highest BCUT2D eigenvalue weighted by Crippen LogP contribution is 2.31. The number of hydrogen-bond donors (Lipinski definition) is 1. The van der Waals surface area contributed by atoms with E-state index >= 15 is 0 Å². The molecule has 0 aromatic carbocycles. The number of anilines is 1. The third-order valence-electron chi connectivity index (χ3n) is 1.51. The minimum atomic E-state index is -2.69. The molecule has 72 valence electrons. The van der Waals surface area contributed by atoms with Crippen molar-refractivity contribution >= 4 is 28.9 Å². The monoisotopic (exact) mass is 226 g/mol. The first-order valence-electron chi connectivity index (χ1n) is 3.34. The number of aromatic nitrogens is 1. The number of pyridine rings is 1. The Balaban J connectivity index is 3.30. The van der Waals surface area contributed by atoms with Gasteiger partial charge >= 0.3 is 0 Å². The molecule has 0 aliphatic carbocycles. The van der Waals surface area contributed by atoms with E-state index in [1.54, 1.807) is 0 Å². The van der Waals surface area contributed by atoms with Crippen LogP contribution in [-0.4, -0.2) is 4.98 Å². The van der Waals surface area contributed by atoms with Crippen LogP contribution in [0.1, 0.15) is 17.7 Å². The summed E-state index contributed by atoms with van der Waals surface area (Å²) in [5.41, 5.74) is 5.21. The number of alkyl halides is 3. The fourth-order valence-corrected chi connectivity index (χ4v) is 1.43. The van der Waals surface area contributed by atoms with Crippen LogP contribution in [0.2, 0.25) is 5.02 Å². The van der Waals surface area contributed by atoms with Gasteiger partial charge in [-0.3, -0.25) is 4.98 Å². The van der Waals surface area contributed by atoms with Crippen LogP contribution < -0.4 is 5.73 Å². The average Bonchev–Trinajstić information content (AvgIpc) is 2.09. The second-order valence-electron chi connectivity index (χ2n) is 2.33. The Kier molecular flexibility index (Phi) is 3.27. The van der Waals surface area contributed by atoms with E-state index in [0.717, 1.165) is 6.20 Å². The molecule has 1 aromatic heterocycles. The zero-order valence-electron chi connectivity index (χ0n) is 6.40. The maximum absolute atomic E-state index is 12.3. The Morgan fingerprint density at radius 1 is 1.54 bits per heavy atom. The van der Waals surface area contributed by atoms with Crippen LogP contribution in [0.15, 0.2) is 6.20 Å². The molecule has 0 aliphatic heterocycles. The highest BCUT2D eigenvalue weighted by Gasteiger charge is 2.18. The smallest absolute Gasteiger partial charge is 0.280 e. The second-order valence-corrected chi connectivity index (χ2v) is 2.97. The second kappa shape index (κ2) is 4.07. The molecule has 13 heavy (non-hydrogen) atoms. The summed E-state index contributed by atoms with van der Waals surface area (Å²) in [6.45, 7) is 0. The molecule has 0 aliphatic rings. The molecule has 0 saturated heterocycles. The number of nitrogens with zero attached hydrogens (tertiary/aromatic N) is 1.